The van der Waals surface area contributed by atoms with Crippen LogP contribution in [0, 0.1) is 0 Å². The average molecular weight is 408 g/mol. The molecule has 0 amide bonds. The first-order valence-corrected chi connectivity index (χ1v) is 10.8. The van der Waals surface area contributed by atoms with E-state index in [1.807, 2.05) is 42.5 Å². The summed E-state index contributed by atoms with van der Waals surface area (Å²) in [6.45, 7) is 0. The fourth-order valence-corrected chi connectivity index (χ4v) is 4.36. The van der Waals surface area contributed by atoms with Crippen LogP contribution in [0.3, 0.4) is 0 Å². The first-order chi connectivity index (χ1) is 15.3. The lowest BCUT2D eigenvalue weighted by Crippen LogP contribution is -1.93. The van der Waals surface area contributed by atoms with E-state index in [1.165, 1.54) is 23.1 Å². The van der Waals surface area contributed by atoms with E-state index in [0.29, 0.717) is 0 Å². The molecule has 31 heavy (non-hydrogen) atoms. The fourth-order valence-electron chi connectivity index (χ4n) is 4.36. The van der Waals surface area contributed by atoms with Crippen molar-refractivity contribution in [2.75, 3.05) is 7.11 Å². The van der Waals surface area contributed by atoms with Crippen LogP contribution in [0.4, 0.5) is 0 Å². The molecule has 0 saturated carbocycles. The quantitative estimate of drug-likeness (QED) is 0.339. The molecule has 4 aromatic rings. The number of hydrogen-bond acceptors (Lipinski definition) is 3. The number of nitrogens with zero attached hydrogens (tertiary/aromatic N) is 1. The number of hydrogen-bond donors (Lipinski definition) is 0. The highest BCUT2D eigenvalue weighted by Gasteiger charge is 2.21. The number of allylic oxidation sites excluding steroid dienone is 2. The molecule has 1 aromatic heterocycles. The molecule has 0 bridgehead atoms. The average Bonchev–Trinajstić information content (AvgIpc) is 3.48. The minimum absolute atomic E-state index is 0.735. The molecule has 0 radical (unpaired) electrons. The Hall–Kier alpha value is -3.59. The zero-order chi connectivity index (χ0) is 21.0. The summed E-state index contributed by atoms with van der Waals surface area (Å²) in [7, 11) is 1.71. The number of rotatable bonds is 6. The number of oxazole rings is 1. The van der Waals surface area contributed by atoms with Gasteiger partial charge in [-0.05, 0) is 42.5 Å². The summed E-state index contributed by atoms with van der Waals surface area (Å²) in [6, 6.07) is 28.9. The summed E-state index contributed by atoms with van der Waals surface area (Å²) >= 11 is 0. The third kappa shape index (κ3) is 4.04. The van der Waals surface area contributed by atoms with Crippen molar-refractivity contribution >= 4 is 5.57 Å². The molecule has 1 aliphatic carbocycles. The summed E-state index contributed by atoms with van der Waals surface area (Å²) in [4.78, 5) is 4.96. The topological polar surface area (TPSA) is 35.3 Å². The van der Waals surface area contributed by atoms with E-state index in [1.54, 1.807) is 7.11 Å². The van der Waals surface area contributed by atoms with Crippen LogP contribution < -0.4 is 4.74 Å². The molecule has 1 aliphatic rings. The van der Waals surface area contributed by atoms with E-state index in [-0.39, 0.29) is 0 Å². The molecule has 0 saturated heterocycles. The van der Waals surface area contributed by atoms with Crippen molar-refractivity contribution < 1.29 is 9.15 Å². The van der Waals surface area contributed by atoms with Crippen molar-refractivity contribution in [1.82, 2.24) is 4.98 Å². The van der Waals surface area contributed by atoms with Gasteiger partial charge in [0.1, 0.15) is 11.4 Å². The Bertz CT molecular complexity index is 1150. The van der Waals surface area contributed by atoms with E-state index < -0.39 is 0 Å². The van der Waals surface area contributed by atoms with E-state index in [9.17, 15) is 0 Å². The lowest BCUT2D eigenvalue weighted by Gasteiger charge is -2.08. The maximum Gasteiger partial charge on any atom is 0.199 e. The van der Waals surface area contributed by atoms with Crippen molar-refractivity contribution in [3.63, 3.8) is 0 Å². The van der Waals surface area contributed by atoms with Gasteiger partial charge in [-0.1, -0.05) is 78.4 Å². The first kappa shape index (κ1) is 19.4. The van der Waals surface area contributed by atoms with E-state index >= 15 is 0 Å². The molecule has 0 fully saturated rings. The summed E-state index contributed by atoms with van der Waals surface area (Å²) < 4.78 is 11.8. The van der Waals surface area contributed by atoms with Gasteiger partial charge in [-0.25, -0.2) is 4.98 Å². The van der Waals surface area contributed by atoms with Crippen molar-refractivity contribution in [2.24, 2.45) is 0 Å². The highest BCUT2D eigenvalue weighted by atomic mass is 16.5. The van der Waals surface area contributed by atoms with Crippen molar-refractivity contribution in [3.8, 4) is 28.3 Å². The largest absolute Gasteiger partial charge is 0.497 e. The molecule has 3 nitrogen and oxygen atoms in total. The van der Waals surface area contributed by atoms with Gasteiger partial charge in [0.05, 0.1) is 7.11 Å². The van der Waals surface area contributed by atoms with Gasteiger partial charge in [0.25, 0.3) is 0 Å². The highest BCUT2D eigenvalue weighted by molar-refractivity contribution is 5.77. The Balaban J connectivity index is 1.54. The molecule has 3 aromatic carbocycles. The zero-order valence-corrected chi connectivity index (χ0v) is 17.7. The molecule has 3 heteroatoms. The van der Waals surface area contributed by atoms with Crippen LogP contribution >= 0.6 is 0 Å². The number of methoxy groups -OCH3 is 1. The summed E-state index contributed by atoms with van der Waals surface area (Å²) in [5.74, 6) is 2.50. The Kier molecular flexibility index (Phi) is 5.40. The fraction of sp³-hybridized carbons (Fsp3) is 0.179. The van der Waals surface area contributed by atoms with Gasteiger partial charge >= 0.3 is 0 Å². The Morgan fingerprint density at radius 1 is 0.806 bits per heavy atom. The van der Waals surface area contributed by atoms with Crippen LogP contribution in [0.1, 0.15) is 30.7 Å². The smallest absolute Gasteiger partial charge is 0.199 e. The van der Waals surface area contributed by atoms with Crippen LogP contribution in [0.5, 0.6) is 5.75 Å². The zero-order valence-electron chi connectivity index (χ0n) is 17.7. The summed E-state index contributed by atoms with van der Waals surface area (Å²) in [5.41, 5.74) is 7.08. The minimum atomic E-state index is 0.735. The Labute approximate surface area is 183 Å². The van der Waals surface area contributed by atoms with Crippen LogP contribution in [0.2, 0.25) is 0 Å². The molecule has 154 valence electrons. The lowest BCUT2D eigenvalue weighted by molar-refractivity contribution is 0.414. The summed E-state index contributed by atoms with van der Waals surface area (Å²) in [5, 5.41) is 0. The van der Waals surface area contributed by atoms with Crippen LogP contribution in [0.25, 0.3) is 28.2 Å². The highest BCUT2D eigenvalue weighted by Crippen LogP contribution is 2.38. The molecule has 0 N–H and O–H groups in total. The van der Waals surface area contributed by atoms with Gasteiger partial charge in [0, 0.05) is 17.5 Å². The Morgan fingerprint density at radius 2 is 1.52 bits per heavy atom. The van der Waals surface area contributed by atoms with Gasteiger partial charge in [0.2, 0.25) is 0 Å². The molecule has 5 rings (SSSR count). The van der Waals surface area contributed by atoms with Gasteiger partial charge < -0.3 is 9.15 Å². The molecule has 0 spiro atoms. The maximum absolute atomic E-state index is 6.38. The van der Waals surface area contributed by atoms with Crippen LogP contribution in [-0.4, -0.2) is 12.1 Å². The number of ether oxygens (including phenoxy) is 1. The van der Waals surface area contributed by atoms with Crippen LogP contribution in [0.15, 0.2) is 94.9 Å². The summed E-state index contributed by atoms with van der Waals surface area (Å²) in [6.07, 6.45) is 4.06. The van der Waals surface area contributed by atoms with Gasteiger partial charge in [-0.15, -0.1) is 0 Å². The van der Waals surface area contributed by atoms with Crippen LogP contribution in [-0.2, 0) is 6.42 Å². The normalized spacial score (nSPS) is 13.6. The molecule has 0 atom stereocenters. The van der Waals surface area contributed by atoms with Gasteiger partial charge in [-0.3, -0.25) is 0 Å². The molecule has 0 aliphatic heterocycles. The molecule has 1 heterocycles. The molecular weight excluding hydrogens is 382 g/mol. The number of aromatic nitrogens is 1. The second-order valence-electron chi connectivity index (χ2n) is 7.86. The molecule has 0 unspecified atom stereocenters. The standard InChI is InChI=1S/C28H25NO2/c1-30-24-16-8-14-22(18-24)25-17-9-15-23(25)19-26-29-27(20-10-4-2-5-11-20)28(31-26)21-12-6-3-7-13-21/h2-8,10-14,16,18H,9,15,17,19H2,1H3. The van der Waals surface area contributed by atoms with Crippen molar-refractivity contribution in [2.45, 2.75) is 25.7 Å². The van der Waals surface area contributed by atoms with Gasteiger partial charge in [-0.2, -0.15) is 0 Å². The van der Waals surface area contributed by atoms with Crippen molar-refractivity contribution in [1.29, 1.82) is 0 Å². The number of benzene rings is 3. The third-order valence-corrected chi connectivity index (χ3v) is 5.87. The lowest BCUT2D eigenvalue weighted by atomic mass is 10.00. The second-order valence-corrected chi connectivity index (χ2v) is 7.86. The minimum Gasteiger partial charge on any atom is -0.497 e. The molecular formula is C28H25NO2. The second kappa shape index (κ2) is 8.65. The SMILES string of the molecule is COc1cccc(C2=C(Cc3nc(-c4ccccc4)c(-c4ccccc4)o3)CCC2)c1. The van der Waals surface area contributed by atoms with Crippen molar-refractivity contribution in [3.05, 3.63) is 102 Å². The van der Waals surface area contributed by atoms with Gasteiger partial charge in [0.15, 0.2) is 11.7 Å². The Morgan fingerprint density at radius 3 is 2.26 bits per heavy atom. The van der Waals surface area contributed by atoms with E-state index in [4.69, 9.17) is 14.1 Å². The predicted molar refractivity (Wildman–Crippen MR) is 125 cm³/mol. The monoisotopic (exact) mass is 407 g/mol. The third-order valence-electron chi connectivity index (χ3n) is 5.87. The maximum atomic E-state index is 6.38. The van der Waals surface area contributed by atoms with E-state index in [0.717, 1.165) is 53.5 Å². The first-order valence-electron chi connectivity index (χ1n) is 10.8. The van der Waals surface area contributed by atoms with E-state index in [2.05, 4.69) is 42.5 Å². The predicted octanol–water partition coefficient (Wildman–Crippen LogP) is 7.20.